The fourth-order valence-electron chi connectivity index (χ4n) is 2.11. The second kappa shape index (κ2) is 8.31. The molecule has 0 aliphatic heterocycles. The molecule has 0 heterocycles. The fourth-order valence-corrected chi connectivity index (χ4v) is 2.11. The highest BCUT2D eigenvalue weighted by Gasteiger charge is 2.34. The van der Waals surface area contributed by atoms with Crippen molar-refractivity contribution in [3.63, 3.8) is 0 Å². The van der Waals surface area contributed by atoms with Crippen LogP contribution >= 0.6 is 0 Å². The van der Waals surface area contributed by atoms with Crippen LogP contribution in [0.3, 0.4) is 0 Å². The molecule has 1 aromatic carbocycles. The third kappa shape index (κ3) is 6.19. The van der Waals surface area contributed by atoms with E-state index in [1.807, 2.05) is 23.9 Å². The molecule has 0 aliphatic carbocycles. The maximum Gasteiger partial charge on any atom is 0.418 e. The number of nitrogens with one attached hydrogen (secondary N) is 1. The quantitative estimate of drug-likeness (QED) is 0.834. The van der Waals surface area contributed by atoms with E-state index >= 15 is 0 Å². The number of anilines is 1. The number of alkyl halides is 3. The van der Waals surface area contributed by atoms with Gasteiger partial charge in [0, 0.05) is 0 Å². The Morgan fingerprint density at radius 3 is 2.35 bits per heavy atom. The van der Waals surface area contributed by atoms with Crippen LogP contribution in [0.2, 0.25) is 0 Å². The lowest BCUT2D eigenvalue weighted by atomic mass is 10.1. The lowest BCUT2D eigenvalue weighted by Gasteiger charge is -2.25. The second-order valence-electron chi connectivity index (χ2n) is 5.85. The first-order valence-corrected chi connectivity index (χ1v) is 7.45. The van der Waals surface area contributed by atoms with Crippen molar-refractivity contribution in [3.05, 3.63) is 29.8 Å². The highest BCUT2D eigenvalue weighted by atomic mass is 19.4. The van der Waals surface area contributed by atoms with E-state index in [0.717, 1.165) is 19.0 Å². The number of amides is 1. The number of hydrogen-bond acceptors (Lipinski definition) is 3. The first-order valence-electron chi connectivity index (χ1n) is 7.45. The van der Waals surface area contributed by atoms with Crippen molar-refractivity contribution < 1.29 is 18.0 Å². The summed E-state index contributed by atoms with van der Waals surface area (Å²) in [6.07, 6.45) is -3.62. The number of benzene rings is 1. The molecule has 0 radical (unpaired) electrons. The number of halogens is 3. The molecule has 0 fully saturated rings. The Hall–Kier alpha value is -1.60. The van der Waals surface area contributed by atoms with Crippen molar-refractivity contribution in [3.8, 4) is 0 Å². The zero-order valence-electron chi connectivity index (χ0n) is 13.9. The Kier molecular flexibility index (Phi) is 7.02. The summed E-state index contributed by atoms with van der Waals surface area (Å²) in [4.78, 5) is 16.1. The van der Waals surface area contributed by atoms with Crippen LogP contribution in [0.1, 0.15) is 18.9 Å². The Bertz CT molecular complexity index is 518. The zero-order chi connectivity index (χ0) is 17.6. The van der Waals surface area contributed by atoms with Crippen LogP contribution in [0.4, 0.5) is 18.9 Å². The summed E-state index contributed by atoms with van der Waals surface area (Å²) in [5, 5.41) is 2.39. The van der Waals surface area contributed by atoms with Crippen molar-refractivity contribution in [2.75, 3.05) is 39.5 Å². The van der Waals surface area contributed by atoms with Gasteiger partial charge in [-0.25, -0.2) is 0 Å². The topological polar surface area (TPSA) is 35.6 Å². The Balaban J connectivity index is 2.69. The van der Waals surface area contributed by atoms with E-state index in [4.69, 9.17) is 0 Å². The van der Waals surface area contributed by atoms with Gasteiger partial charge < -0.3 is 10.2 Å². The van der Waals surface area contributed by atoms with E-state index in [0.29, 0.717) is 6.54 Å². The van der Waals surface area contributed by atoms with Crippen molar-refractivity contribution in [1.29, 1.82) is 0 Å². The predicted molar refractivity (Wildman–Crippen MR) is 85.3 cm³/mol. The van der Waals surface area contributed by atoms with E-state index in [1.165, 1.54) is 18.2 Å². The molecule has 0 spiro atoms. The summed E-state index contributed by atoms with van der Waals surface area (Å²) in [5.41, 5.74) is -1.05. The first-order chi connectivity index (χ1) is 10.6. The SMILES string of the molecule is C[C@H](C(=O)Nc1ccccc1C(F)(F)F)N(C)CCCN(C)C. The number of rotatable bonds is 7. The van der Waals surface area contributed by atoms with E-state index in [9.17, 15) is 18.0 Å². The lowest BCUT2D eigenvalue weighted by molar-refractivity contribution is -0.137. The minimum absolute atomic E-state index is 0.210. The van der Waals surface area contributed by atoms with Gasteiger partial charge in [0.05, 0.1) is 17.3 Å². The number of hydrogen-bond donors (Lipinski definition) is 1. The molecule has 0 aromatic heterocycles. The average Bonchev–Trinajstić information content (AvgIpc) is 2.45. The fraction of sp³-hybridized carbons (Fsp3) is 0.562. The number of para-hydroxylation sites is 1. The molecule has 7 heteroatoms. The zero-order valence-corrected chi connectivity index (χ0v) is 13.9. The Morgan fingerprint density at radius 1 is 1.17 bits per heavy atom. The summed E-state index contributed by atoms with van der Waals surface area (Å²) in [7, 11) is 5.71. The molecule has 1 amide bonds. The van der Waals surface area contributed by atoms with Crippen molar-refractivity contribution in [2.24, 2.45) is 0 Å². The standard InChI is InChI=1S/C16H24F3N3O/c1-12(22(4)11-7-10-21(2)3)15(23)20-14-9-6-5-8-13(14)16(17,18)19/h5-6,8-9,12H,7,10-11H2,1-4H3,(H,20,23)/t12-/m1/s1. The van der Waals surface area contributed by atoms with Crippen LogP contribution in [0.25, 0.3) is 0 Å². The molecule has 0 saturated heterocycles. The Morgan fingerprint density at radius 2 is 1.78 bits per heavy atom. The summed E-state index contributed by atoms with van der Waals surface area (Å²) in [5.74, 6) is -0.450. The number of likely N-dealkylation sites (N-methyl/N-ethyl adjacent to an activating group) is 1. The monoisotopic (exact) mass is 331 g/mol. The Labute approximate surface area is 135 Å². The highest BCUT2D eigenvalue weighted by Crippen LogP contribution is 2.34. The van der Waals surface area contributed by atoms with Gasteiger partial charge in [0.25, 0.3) is 0 Å². The van der Waals surface area contributed by atoms with Gasteiger partial charge in [0.1, 0.15) is 0 Å². The van der Waals surface area contributed by atoms with Crippen molar-refractivity contribution in [1.82, 2.24) is 9.80 Å². The van der Waals surface area contributed by atoms with Crippen molar-refractivity contribution in [2.45, 2.75) is 25.6 Å². The molecule has 4 nitrogen and oxygen atoms in total. The minimum Gasteiger partial charge on any atom is -0.324 e. The van der Waals surface area contributed by atoms with Crippen LogP contribution in [-0.2, 0) is 11.0 Å². The molecule has 1 aromatic rings. The third-order valence-electron chi connectivity index (χ3n) is 3.65. The molecule has 1 atom stereocenters. The van der Waals surface area contributed by atoms with E-state index in [-0.39, 0.29) is 5.69 Å². The second-order valence-corrected chi connectivity index (χ2v) is 5.85. The molecule has 0 bridgehead atoms. The molecule has 0 aliphatic rings. The van der Waals surface area contributed by atoms with Gasteiger partial charge in [0.15, 0.2) is 0 Å². The van der Waals surface area contributed by atoms with Gasteiger partial charge in [-0.2, -0.15) is 13.2 Å². The summed E-state index contributed by atoms with van der Waals surface area (Å²) in [6, 6.07) is 4.48. The van der Waals surface area contributed by atoms with Gasteiger partial charge >= 0.3 is 6.18 Å². The third-order valence-corrected chi connectivity index (χ3v) is 3.65. The molecule has 23 heavy (non-hydrogen) atoms. The van der Waals surface area contributed by atoms with E-state index < -0.39 is 23.7 Å². The minimum atomic E-state index is -4.50. The van der Waals surface area contributed by atoms with Crippen LogP contribution in [0.15, 0.2) is 24.3 Å². The number of carbonyl (C=O) groups excluding carboxylic acids is 1. The van der Waals surface area contributed by atoms with Crippen LogP contribution in [0.5, 0.6) is 0 Å². The van der Waals surface area contributed by atoms with Gasteiger partial charge in [-0.15, -0.1) is 0 Å². The predicted octanol–water partition coefficient (Wildman–Crippen LogP) is 2.92. The maximum atomic E-state index is 12.9. The molecule has 130 valence electrons. The molecule has 1 N–H and O–H groups in total. The van der Waals surface area contributed by atoms with Gasteiger partial charge in [-0.05, 0) is 59.7 Å². The van der Waals surface area contributed by atoms with Gasteiger partial charge in [-0.3, -0.25) is 9.69 Å². The highest BCUT2D eigenvalue weighted by molar-refractivity contribution is 5.95. The van der Waals surface area contributed by atoms with Gasteiger partial charge in [-0.1, -0.05) is 12.1 Å². The van der Waals surface area contributed by atoms with Crippen LogP contribution in [0, 0.1) is 0 Å². The molecule has 0 unspecified atom stereocenters. The smallest absolute Gasteiger partial charge is 0.324 e. The largest absolute Gasteiger partial charge is 0.418 e. The summed E-state index contributed by atoms with van der Waals surface area (Å²) < 4.78 is 38.8. The lowest BCUT2D eigenvalue weighted by Crippen LogP contribution is -2.40. The number of nitrogens with zero attached hydrogens (tertiary/aromatic N) is 2. The molecule has 1 rings (SSSR count). The normalized spacial score (nSPS) is 13.4. The number of carbonyl (C=O) groups is 1. The van der Waals surface area contributed by atoms with Crippen LogP contribution < -0.4 is 5.32 Å². The van der Waals surface area contributed by atoms with E-state index in [2.05, 4.69) is 5.32 Å². The van der Waals surface area contributed by atoms with E-state index in [1.54, 1.807) is 14.0 Å². The van der Waals surface area contributed by atoms with Crippen molar-refractivity contribution >= 4 is 11.6 Å². The first kappa shape index (κ1) is 19.4. The van der Waals surface area contributed by atoms with Crippen LogP contribution in [-0.4, -0.2) is 56.0 Å². The summed E-state index contributed by atoms with van der Waals surface area (Å²) >= 11 is 0. The summed E-state index contributed by atoms with van der Waals surface area (Å²) in [6.45, 7) is 3.25. The maximum absolute atomic E-state index is 12.9. The van der Waals surface area contributed by atoms with Gasteiger partial charge in [0.2, 0.25) is 5.91 Å². The molecule has 0 saturated carbocycles. The molecular weight excluding hydrogens is 307 g/mol. The average molecular weight is 331 g/mol. The molecular formula is C16H24F3N3O.